The van der Waals surface area contributed by atoms with Gasteiger partial charge in [-0.1, -0.05) is 13.3 Å². The van der Waals surface area contributed by atoms with Crippen molar-refractivity contribution >= 4 is 0 Å². The van der Waals surface area contributed by atoms with Crippen molar-refractivity contribution in [2.24, 2.45) is 0 Å². The van der Waals surface area contributed by atoms with Crippen molar-refractivity contribution in [3.8, 4) is 34.4 Å². The second kappa shape index (κ2) is 5.09. The lowest BCUT2D eigenvalue weighted by Gasteiger charge is -2.07. The molecule has 0 spiro atoms. The van der Waals surface area contributed by atoms with E-state index in [0.29, 0.717) is 5.82 Å². The Morgan fingerprint density at radius 2 is 1.84 bits per heavy atom. The summed E-state index contributed by atoms with van der Waals surface area (Å²) in [6, 6.07) is 1.15. The van der Waals surface area contributed by atoms with Gasteiger partial charge < -0.3 is 25.4 Å². The molecule has 102 valence electrons. The number of aromatic amines is 1. The highest BCUT2D eigenvalue weighted by atomic mass is 16.3. The van der Waals surface area contributed by atoms with Crippen LogP contribution < -0.4 is 0 Å². The van der Waals surface area contributed by atoms with Crippen LogP contribution in [0.25, 0.3) is 11.4 Å². The van der Waals surface area contributed by atoms with Crippen LogP contribution in [0.4, 0.5) is 0 Å². The Morgan fingerprint density at radius 1 is 1.11 bits per heavy atom. The molecule has 5 N–H and O–H groups in total. The number of imidazole rings is 1. The van der Waals surface area contributed by atoms with Crippen molar-refractivity contribution in [3.63, 3.8) is 0 Å². The summed E-state index contributed by atoms with van der Waals surface area (Å²) in [5.74, 6) is -2.22. The number of aromatic hydroxyl groups is 4. The maximum Gasteiger partial charge on any atom is 0.205 e. The second-order valence-corrected chi connectivity index (χ2v) is 4.35. The van der Waals surface area contributed by atoms with E-state index in [1.807, 2.05) is 0 Å². The van der Waals surface area contributed by atoms with Gasteiger partial charge in [0.2, 0.25) is 11.5 Å². The summed E-state index contributed by atoms with van der Waals surface area (Å²) in [4.78, 5) is 7.10. The summed E-state index contributed by atoms with van der Waals surface area (Å²) in [6.45, 7) is 2.08. The number of aromatic nitrogens is 2. The first kappa shape index (κ1) is 13.1. The average Bonchev–Trinajstić information content (AvgIpc) is 2.86. The molecule has 2 rings (SSSR count). The molecule has 1 aromatic heterocycles. The van der Waals surface area contributed by atoms with Gasteiger partial charge in [0.05, 0.1) is 5.56 Å². The van der Waals surface area contributed by atoms with Crippen molar-refractivity contribution in [1.29, 1.82) is 0 Å². The van der Waals surface area contributed by atoms with Gasteiger partial charge in [0.15, 0.2) is 11.5 Å². The monoisotopic (exact) mass is 264 g/mol. The van der Waals surface area contributed by atoms with Gasteiger partial charge in [-0.15, -0.1) is 0 Å². The van der Waals surface area contributed by atoms with Crippen molar-refractivity contribution in [2.45, 2.75) is 26.2 Å². The highest BCUT2D eigenvalue weighted by Crippen LogP contribution is 2.46. The first-order valence-corrected chi connectivity index (χ1v) is 6.05. The minimum Gasteiger partial charge on any atom is -0.504 e. The van der Waals surface area contributed by atoms with E-state index in [4.69, 9.17) is 0 Å². The fourth-order valence-corrected chi connectivity index (χ4v) is 1.81. The number of phenolic OH excluding ortho intramolecular Hbond substituents is 4. The Bertz CT molecular complexity index is 593. The van der Waals surface area contributed by atoms with Gasteiger partial charge in [0, 0.05) is 11.9 Å². The Hall–Kier alpha value is -2.37. The van der Waals surface area contributed by atoms with Gasteiger partial charge in [-0.3, -0.25) is 0 Å². The number of unbranched alkanes of at least 4 members (excludes halogenated alkanes) is 1. The molecular formula is C13H16N2O4. The first-order valence-electron chi connectivity index (χ1n) is 6.05. The molecule has 0 aliphatic carbocycles. The van der Waals surface area contributed by atoms with E-state index in [9.17, 15) is 20.4 Å². The van der Waals surface area contributed by atoms with Gasteiger partial charge in [-0.2, -0.15) is 0 Å². The van der Waals surface area contributed by atoms with Crippen LogP contribution in [0.1, 0.15) is 25.5 Å². The SMILES string of the molecule is CCCCc1cnc(-c2cc(O)c(O)c(O)c2O)[nH]1. The molecule has 0 saturated carbocycles. The summed E-state index contributed by atoms with van der Waals surface area (Å²) in [5, 5.41) is 38.0. The second-order valence-electron chi connectivity index (χ2n) is 4.35. The molecule has 0 fully saturated rings. The lowest BCUT2D eigenvalue weighted by Crippen LogP contribution is -1.86. The number of nitrogens with one attached hydrogen (secondary N) is 1. The van der Waals surface area contributed by atoms with Crippen molar-refractivity contribution in [3.05, 3.63) is 18.0 Å². The first-order chi connectivity index (χ1) is 9.04. The molecule has 0 bridgehead atoms. The number of aryl methyl sites for hydroxylation is 1. The third-order valence-electron chi connectivity index (χ3n) is 2.91. The van der Waals surface area contributed by atoms with E-state index in [0.717, 1.165) is 31.0 Å². The fraction of sp³-hybridized carbons (Fsp3) is 0.308. The maximum absolute atomic E-state index is 9.76. The molecule has 0 radical (unpaired) electrons. The van der Waals surface area contributed by atoms with E-state index in [-0.39, 0.29) is 5.56 Å². The minimum atomic E-state index is -0.762. The van der Waals surface area contributed by atoms with Crippen molar-refractivity contribution < 1.29 is 20.4 Å². The van der Waals surface area contributed by atoms with Crippen LogP contribution in [0, 0.1) is 0 Å². The van der Waals surface area contributed by atoms with Crippen LogP contribution in [0.3, 0.4) is 0 Å². The normalized spacial score (nSPS) is 10.8. The highest BCUT2D eigenvalue weighted by Gasteiger charge is 2.19. The Morgan fingerprint density at radius 3 is 2.53 bits per heavy atom. The molecule has 0 aliphatic heterocycles. The molecular weight excluding hydrogens is 248 g/mol. The molecule has 19 heavy (non-hydrogen) atoms. The number of hydrogen-bond acceptors (Lipinski definition) is 5. The zero-order valence-electron chi connectivity index (χ0n) is 10.5. The standard InChI is InChI=1S/C13H16N2O4/c1-2-3-4-7-6-14-13(15-7)8-5-9(16)11(18)12(19)10(8)17/h5-6,16-19H,2-4H2,1H3,(H,14,15). The van der Waals surface area contributed by atoms with E-state index in [1.165, 1.54) is 0 Å². The van der Waals surface area contributed by atoms with E-state index < -0.39 is 23.0 Å². The predicted molar refractivity (Wildman–Crippen MR) is 69.3 cm³/mol. The maximum atomic E-state index is 9.76. The smallest absolute Gasteiger partial charge is 0.205 e. The van der Waals surface area contributed by atoms with Crippen molar-refractivity contribution in [2.75, 3.05) is 0 Å². The van der Waals surface area contributed by atoms with E-state index in [2.05, 4.69) is 16.9 Å². The lowest BCUT2D eigenvalue weighted by molar-refractivity contribution is 0.347. The lowest BCUT2D eigenvalue weighted by atomic mass is 10.1. The van der Waals surface area contributed by atoms with Crippen LogP contribution in [-0.2, 0) is 6.42 Å². The average molecular weight is 264 g/mol. The molecule has 6 nitrogen and oxygen atoms in total. The largest absolute Gasteiger partial charge is 0.504 e. The number of rotatable bonds is 4. The summed E-state index contributed by atoms with van der Waals surface area (Å²) >= 11 is 0. The number of hydrogen-bond donors (Lipinski definition) is 5. The number of benzene rings is 1. The Kier molecular flexibility index (Phi) is 3.50. The summed E-state index contributed by atoms with van der Waals surface area (Å²) in [7, 11) is 0. The quantitative estimate of drug-likeness (QED) is 0.430. The van der Waals surface area contributed by atoms with Crippen LogP contribution in [0.15, 0.2) is 12.3 Å². The fourth-order valence-electron chi connectivity index (χ4n) is 1.81. The number of H-pyrrole nitrogens is 1. The molecule has 0 amide bonds. The zero-order valence-corrected chi connectivity index (χ0v) is 10.5. The van der Waals surface area contributed by atoms with E-state index in [1.54, 1.807) is 6.20 Å². The molecule has 0 aliphatic rings. The zero-order chi connectivity index (χ0) is 14.0. The van der Waals surface area contributed by atoms with Crippen LogP contribution >= 0.6 is 0 Å². The summed E-state index contributed by atoms with van der Waals surface area (Å²) < 4.78 is 0. The van der Waals surface area contributed by atoms with E-state index >= 15 is 0 Å². The van der Waals surface area contributed by atoms with Gasteiger partial charge in [0.1, 0.15) is 5.82 Å². The van der Waals surface area contributed by atoms with Crippen LogP contribution in [0.5, 0.6) is 23.0 Å². The minimum absolute atomic E-state index is 0.135. The number of nitrogens with zero attached hydrogens (tertiary/aromatic N) is 1. The van der Waals surface area contributed by atoms with Gasteiger partial charge in [-0.25, -0.2) is 4.98 Å². The van der Waals surface area contributed by atoms with Gasteiger partial charge >= 0.3 is 0 Å². The number of phenols is 4. The molecule has 0 unspecified atom stereocenters. The predicted octanol–water partition coefficient (Wildman–Crippen LogP) is 2.24. The van der Waals surface area contributed by atoms with Crippen LogP contribution in [0.2, 0.25) is 0 Å². The van der Waals surface area contributed by atoms with Crippen molar-refractivity contribution in [1.82, 2.24) is 9.97 Å². The highest BCUT2D eigenvalue weighted by molar-refractivity contribution is 5.74. The summed E-state index contributed by atoms with van der Waals surface area (Å²) in [5.41, 5.74) is 1.04. The third-order valence-corrected chi connectivity index (χ3v) is 2.91. The van der Waals surface area contributed by atoms with Gasteiger partial charge in [-0.05, 0) is 18.9 Å². The third kappa shape index (κ3) is 2.42. The molecule has 0 saturated heterocycles. The molecule has 0 atom stereocenters. The molecule has 6 heteroatoms. The van der Waals surface area contributed by atoms with Crippen LogP contribution in [-0.4, -0.2) is 30.4 Å². The molecule has 1 heterocycles. The molecule has 1 aromatic carbocycles. The Balaban J connectivity index is 2.39. The summed E-state index contributed by atoms with van der Waals surface area (Å²) in [6.07, 6.45) is 4.55. The topological polar surface area (TPSA) is 110 Å². The Labute approximate surface area is 110 Å². The van der Waals surface area contributed by atoms with Gasteiger partial charge in [0.25, 0.3) is 0 Å². The molecule has 2 aromatic rings.